The van der Waals surface area contributed by atoms with E-state index in [0.29, 0.717) is 11.7 Å². The highest BCUT2D eigenvalue weighted by atomic mass is 16.5. The van der Waals surface area contributed by atoms with E-state index in [1.54, 1.807) is 13.2 Å². The highest BCUT2D eigenvalue weighted by molar-refractivity contribution is 5.42. The lowest BCUT2D eigenvalue weighted by atomic mass is 9.89. The highest BCUT2D eigenvalue weighted by Gasteiger charge is 2.19. The third-order valence-electron chi connectivity index (χ3n) is 3.39. The predicted octanol–water partition coefficient (Wildman–Crippen LogP) is 2.21. The minimum Gasteiger partial charge on any atom is -0.504 e. The molecule has 0 amide bonds. The van der Waals surface area contributed by atoms with Crippen LogP contribution in [0.25, 0.3) is 0 Å². The Labute approximate surface area is 96.6 Å². The van der Waals surface area contributed by atoms with Crippen molar-refractivity contribution in [1.29, 1.82) is 0 Å². The molecule has 1 aromatic rings. The molecule has 16 heavy (non-hydrogen) atoms. The van der Waals surface area contributed by atoms with Crippen molar-refractivity contribution < 1.29 is 9.84 Å². The normalized spacial score (nSPS) is 18.6. The maximum atomic E-state index is 9.54. The molecule has 1 fully saturated rings. The molecule has 1 heterocycles. The Bertz CT molecular complexity index is 357. The lowest BCUT2D eigenvalue weighted by Gasteiger charge is -2.29. The number of phenols is 1. The monoisotopic (exact) mass is 221 g/mol. The minimum absolute atomic E-state index is 0.221. The van der Waals surface area contributed by atoms with Gasteiger partial charge >= 0.3 is 0 Å². The third kappa shape index (κ3) is 2.30. The van der Waals surface area contributed by atoms with Gasteiger partial charge in [0, 0.05) is 0 Å². The molecular weight excluding hydrogens is 202 g/mol. The van der Waals surface area contributed by atoms with Crippen LogP contribution in [0.3, 0.4) is 0 Å². The number of methoxy groups -OCH3 is 1. The second-order valence-electron chi connectivity index (χ2n) is 4.51. The van der Waals surface area contributed by atoms with Gasteiger partial charge in [-0.05, 0) is 56.6 Å². The number of ether oxygens (including phenoxy) is 1. The summed E-state index contributed by atoms with van der Waals surface area (Å²) in [5, 5.41) is 9.54. The quantitative estimate of drug-likeness (QED) is 0.831. The van der Waals surface area contributed by atoms with Crippen LogP contribution in [0.1, 0.15) is 24.3 Å². The molecule has 1 aliphatic rings. The molecule has 0 bridgehead atoms. The summed E-state index contributed by atoms with van der Waals surface area (Å²) in [4.78, 5) is 2.36. The number of phenolic OH excluding ortho intramolecular Hbond substituents is 1. The smallest absolute Gasteiger partial charge is 0.160 e. The summed E-state index contributed by atoms with van der Waals surface area (Å²) in [6.07, 6.45) is 2.37. The van der Waals surface area contributed by atoms with Gasteiger partial charge in [-0.1, -0.05) is 6.07 Å². The zero-order valence-electron chi connectivity index (χ0n) is 9.94. The maximum Gasteiger partial charge on any atom is 0.160 e. The fraction of sp³-hybridized carbons (Fsp3) is 0.538. The average Bonchev–Trinajstić information content (AvgIpc) is 2.31. The van der Waals surface area contributed by atoms with E-state index in [2.05, 4.69) is 11.9 Å². The van der Waals surface area contributed by atoms with Crippen LogP contribution in [0.4, 0.5) is 0 Å². The van der Waals surface area contributed by atoms with Crippen LogP contribution in [-0.4, -0.2) is 37.3 Å². The summed E-state index contributed by atoms with van der Waals surface area (Å²) in [6.45, 7) is 2.29. The standard InChI is InChI=1S/C13H19NO2/c1-14-7-5-10(6-8-14)11-3-4-12(15)13(9-11)16-2/h3-4,9-10,15H,5-8H2,1-2H3. The summed E-state index contributed by atoms with van der Waals surface area (Å²) in [5.74, 6) is 1.40. The first kappa shape index (κ1) is 11.3. The van der Waals surface area contributed by atoms with E-state index in [9.17, 15) is 5.11 Å². The minimum atomic E-state index is 0.221. The van der Waals surface area contributed by atoms with E-state index in [4.69, 9.17) is 4.74 Å². The van der Waals surface area contributed by atoms with Gasteiger partial charge in [-0.15, -0.1) is 0 Å². The first-order valence-corrected chi connectivity index (χ1v) is 5.76. The number of hydrogen-bond acceptors (Lipinski definition) is 3. The molecule has 2 rings (SSSR count). The first-order chi connectivity index (χ1) is 7.70. The Kier molecular flexibility index (Phi) is 3.34. The van der Waals surface area contributed by atoms with Crippen molar-refractivity contribution in [3.05, 3.63) is 23.8 Å². The molecule has 0 aliphatic carbocycles. The van der Waals surface area contributed by atoms with Gasteiger partial charge in [0.15, 0.2) is 11.5 Å². The van der Waals surface area contributed by atoms with Crippen molar-refractivity contribution in [2.75, 3.05) is 27.2 Å². The number of nitrogens with zero attached hydrogens (tertiary/aromatic N) is 1. The fourth-order valence-corrected chi connectivity index (χ4v) is 2.29. The van der Waals surface area contributed by atoms with Crippen molar-refractivity contribution >= 4 is 0 Å². The van der Waals surface area contributed by atoms with Crippen LogP contribution in [0.2, 0.25) is 0 Å². The second-order valence-corrected chi connectivity index (χ2v) is 4.51. The topological polar surface area (TPSA) is 32.7 Å². The Hall–Kier alpha value is -1.22. The number of rotatable bonds is 2. The van der Waals surface area contributed by atoms with Gasteiger partial charge in [-0.3, -0.25) is 0 Å². The lowest BCUT2D eigenvalue weighted by molar-refractivity contribution is 0.255. The number of hydrogen-bond donors (Lipinski definition) is 1. The van der Waals surface area contributed by atoms with E-state index >= 15 is 0 Å². The van der Waals surface area contributed by atoms with E-state index in [0.717, 1.165) is 13.1 Å². The first-order valence-electron chi connectivity index (χ1n) is 5.76. The van der Waals surface area contributed by atoms with Gasteiger partial charge in [0.1, 0.15) is 0 Å². The maximum absolute atomic E-state index is 9.54. The van der Waals surface area contributed by atoms with Gasteiger partial charge in [-0.2, -0.15) is 0 Å². The molecule has 1 aromatic carbocycles. The van der Waals surface area contributed by atoms with Crippen LogP contribution in [-0.2, 0) is 0 Å². The fourth-order valence-electron chi connectivity index (χ4n) is 2.29. The van der Waals surface area contributed by atoms with E-state index in [1.807, 2.05) is 12.1 Å². The number of piperidine rings is 1. The van der Waals surface area contributed by atoms with Crippen LogP contribution < -0.4 is 4.74 Å². The van der Waals surface area contributed by atoms with Crippen LogP contribution in [0.15, 0.2) is 18.2 Å². The predicted molar refractivity (Wildman–Crippen MR) is 64.1 cm³/mol. The summed E-state index contributed by atoms with van der Waals surface area (Å²) < 4.78 is 5.14. The van der Waals surface area contributed by atoms with Crippen molar-refractivity contribution in [2.24, 2.45) is 0 Å². The zero-order valence-corrected chi connectivity index (χ0v) is 9.94. The highest BCUT2D eigenvalue weighted by Crippen LogP contribution is 2.33. The van der Waals surface area contributed by atoms with Gasteiger partial charge in [0.25, 0.3) is 0 Å². The molecule has 88 valence electrons. The largest absolute Gasteiger partial charge is 0.504 e. The van der Waals surface area contributed by atoms with Crippen molar-refractivity contribution in [2.45, 2.75) is 18.8 Å². The molecule has 3 heteroatoms. The van der Waals surface area contributed by atoms with E-state index < -0.39 is 0 Å². The molecule has 1 saturated heterocycles. The van der Waals surface area contributed by atoms with Gasteiger partial charge in [-0.25, -0.2) is 0 Å². The molecule has 0 unspecified atom stereocenters. The summed E-state index contributed by atoms with van der Waals surface area (Å²) >= 11 is 0. The van der Waals surface area contributed by atoms with Crippen molar-refractivity contribution in [1.82, 2.24) is 4.90 Å². The molecule has 1 aliphatic heterocycles. The molecular formula is C13H19NO2. The Morgan fingerprint density at radius 1 is 1.31 bits per heavy atom. The Morgan fingerprint density at radius 2 is 2.00 bits per heavy atom. The zero-order chi connectivity index (χ0) is 11.5. The molecule has 1 N–H and O–H groups in total. The van der Waals surface area contributed by atoms with Gasteiger partial charge in [0.2, 0.25) is 0 Å². The SMILES string of the molecule is COc1cc(C2CCN(C)CC2)ccc1O. The van der Waals surface area contributed by atoms with E-state index in [-0.39, 0.29) is 5.75 Å². The van der Waals surface area contributed by atoms with E-state index in [1.165, 1.54) is 18.4 Å². The van der Waals surface area contributed by atoms with Gasteiger partial charge < -0.3 is 14.7 Å². The van der Waals surface area contributed by atoms with Crippen LogP contribution in [0, 0.1) is 0 Å². The molecule has 3 nitrogen and oxygen atoms in total. The molecule has 0 saturated carbocycles. The Morgan fingerprint density at radius 3 is 2.62 bits per heavy atom. The second kappa shape index (κ2) is 4.74. The summed E-state index contributed by atoms with van der Waals surface area (Å²) in [6, 6.07) is 5.70. The average molecular weight is 221 g/mol. The van der Waals surface area contributed by atoms with Crippen LogP contribution >= 0.6 is 0 Å². The number of benzene rings is 1. The third-order valence-corrected chi connectivity index (χ3v) is 3.39. The molecule has 0 atom stereocenters. The van der Waals surface area contributed by atoms with Crippen molar-refractivity contribution in [3.63, 3.8) is 0 Å². The lowest BCUT2D eigenvalue weighted by Crippen LogP contribution is -2.29. The van der Waals surface area contributed by atoms with Gasteiger partial charge in [0.05, 0.1) is 7.11 Å². The molecule has 0 radical (unpaired) electrons. The number of aromatic hydroxyl groups is 1. The number of likely N-dealkylation sites (tertiary alicyclic amines) is 1. The summed E-state index contributed by atoms with van der Waals surface area (Å²) in [5.41, 5.74) is 1.28. The van der Waals surface area contributed by atoms with Crippen LogP contribution in [0.5, 0.6) is 11.5 Å². The molecule has 0 aromatic heterocycles. The molecule has 0 spiro atoms. The Balaban J connectivity index is 2.14. The van der Waals surface area contributed by atoms with Crippen molar-refractivity contribution in [3.8, 4) is 11.5 Å². The summed E-state index contributed by atoms with van der Waals surface area (Å²) in [7, 11) is 3.75.